The van der Waals surface area contributed by atoms with Gasteiger partial charge < -0.3 is 10.6 Å². The zero-order valence-corrected chi connectivity index (χ0v) is 20.0. The second kappa shape index (κ2) is 8.60. The first-order valence-corrected chi connectivity index (χ1v) is 11.2. The molecule has 12 heteroatoms. The van der Waals surface area contributed by atoms with Crippen molar-refractivity contribution < 1.29 is 9.59 Å². The molecular formula is C19H12BrCl4N5O2. The summed E-state index contributed by atoms with van der Waals surface area (Å²) in [6.45, 7) is 0. The van der Waals surface area contributed by atoms with Gasteiger partial charge in [-0.05, 0) is 53.0 Å². The Hall–Kier alpha value is -1.84. The van der Waals surface area contributed by atoms with Crippen molar-refractivity contribution in [2.45, 2.75) is 18.4 Å². The number of hydrogen-bond donors (Lipinski definition) is 2. The van der Waals surface area contributed by atoms with Gasteiger partial charge in [0.2, 0.25) is 5.91 Å². The van der Waals surface area contributed by atoms with Crippen molar-refractivity contribution in [1.29, 1.82) is 0 Å². The first-order chi connectivity index (χ1) is 14.7. The van der Waals surface area contributed by atoms with E-state index in [1.54, 1.807) is 12.1 Å². The number of benzene rings is 1. The molecule has 0 spiro atoms. The highest BCUT2D eigenvalue weighted by Crippen LogP contribution is 2.38. The van der Waals surface area contributed by atoms with Crippen LogP contribution in [0, 0.1) is 0 Å². The fourth-order valence-electron chi connectivity index (χ4n) is 2.90. The van der Waals surface area contributed by atoms with Gasteiger partial charge in [-0.1, -0.05) is 46.4 Å². The number of hydrogen-bond acceptors (Lipinski definition) is 4. The SMILES string of the molecule is O=C(NC1(C(=O)Nc2cc(Cl)c(Cl)c(Cl)c2)CC1)c1cc(Br)nn1-c1ncccc1Cl. The van der Waals surface area contributed by atoms with E-state index in [4.69, 9.17) is 46.4 Å². The maximum absolute atomic E-state index is 13.0. The lowest BCUT2D eigenvalue weighted by Gasteiger charge is -2.18. The molecule has 3 aromatic rings. The Balaban J connectivity index is 1.55. The third-order valence-electron chi connectivity index (χ3n) is 4.63. The standard InChI is InChI=1S/C19H12BrCl4N5O2/c20-14-8-13(29(28-14)16-10(21)2-1-5-25-16)17(30)27-19(3-4-19)18(31)26-9-6-11(22)15(24)12(23)7-9/h1-2,5-8H,3-4H2,(H,26,31)(H,27,30). The summed E-state index contributed by atoms with van der Waals surface area (Å²) < 4.78 is 1.73. The lowest BCUT2D eigenvalue weighted by atomic mass is 10.2. The van der Waals surface area contributed by atoms with Crippen LogP contribution in [-0.4, -0.2) is 32.1 Å². The second-order valence-electron chi connectivity index (χ2n) is 6.82. The molecule has 2 amide bonds. The molecule has 1 fully saturated rings. The summed E-state index contributed by atoms with van der Waals surface area (Å²) in [5.74, 6) is -0.601. The van der Waals surface area contributed by atoms with Crippen molar-refractivity contribution in [3.05, 3.63) is 66.9 Å². The molecule has 2 aromatic heterocycles. The average Bonchev–Trinajstić information content (AvgIpc) is 3.40. The predicted octanol–water partition coefficient (Wildman–Crippen LogP) is 5.54. The van der Waals surface area contributed by atoms with Crippen LogP contribution in [0.1, 0.15) is 23.3 Å². The largest absolute Gasteiger partial charge is 0.336 e. The summed E-state index contributed by atoms with van der Waals surface area (Å²) in [4.78, 5) is 30.1. The molecule has 0 saturated heterocycles. The van der Waals surface area contributed by atoms with Gasteiger partial charge in [0.05, 0.1) is 20.1 Å². The molecule has 2 N–H and O–H groups in total. The Kier molecular flexibility index (Phi) is 6.20. The maximum Gasteiger partial charge on any atom is 0.270 e. The number of aromatic nitrogens is 3. The van der Waals surface area contributed by atoms with Gasteiger partial charge in [0.25, 0.3) is 5.91 Å². The van der Waals surface area contributed by atoms with Gasteiger partial charge in [-0.3, -0.25) is 9.59 Å². The number of carbonyl (C=O) groups excluding carboxylic acids is 2. The molecule has 31 heavy (non-hydrogen) atoms. The monoisotopic (exact) mass is 561 g/mol. The average molecular weight is 564 g/mol. The third-order valence-corrected chi connectivity index (χ3v) is 6.51. The first-order valence-electron chi connectivity index (χ1n) is 8.85. The molecule has 0 radical (unpaired) electrons. The summed E-state index contributed by atoms with van der Waals surface area (Å²) in [5.41, 5.74) is -0.521. The maximum atomic E-state index is 13.0. The molecule has 1 saturated carbocycles. The lowest BCUT2D eigenvalue weighted by Crippen LogP contribution is -2.46. The highest BCUT2D eigenvalue weighted by atomic mass is 79.9. The summed E-state index contributed by atoms with van der Waals surface area (Å²) in [5, 5.41) is 10.7. The predicted molar refractivity (Wildman–Crippen MR) is 124 cm³/mol. The van der Waals surface area contributed by atoms with Crippen LogP contribution in [-0.2, 0) is 4.79 Å². The van der Waals surface area contributed by atoms with E-state index in [1.165, 1.54) is 29.1 Å². The minimum atomic E-state index is -1.06. The molecule has 160 valence electrons. The zero-order valence-electron chi connectivity index (χ0n) is 15.4. The third kappa shape index (κ3) is 4.54. The van der Waals surface area contributed by atoms with E-state index in [-0.39, 0.29) is 20.8 Å². The normalized spacial score (nSPS) is 14.2. The van der Waals surface area contributed by atoms with E-state index in [2.05, 4.69) is 36.6 Å². The molecule has 0 aliphatic heterocycles. The molecule has 1 aliphatic rings. The van der Waals surface area contributed by atoms with Crippen molar-refractivity contribution in [2.24, 2.45) is 0 Å². The fourth-order valence-corrected chi connectivity index (χ4v) is 4.08. The summed E-state index contributed by atoms with van der Waals surface area (Å²) in [6.07, 6.45) is 2.48. The van der Waals surface area contributed by atoms with Crippen molar-refractivity contribution in [2.75, 3.05) is 5.32 Å². The van der Waals surface area contributed by atoms with Gasteiger partial charge in [0, 0.05) is 18.0 Å². The topological polar surface area (TPSA) is 88.9 Å². The summed E-state index contributed by atoms with van der Waals surface area (Å²) in [7, 11) is 0. The Labute approximate surface area is 205 Å². The highest BCUT2D eigenvalue weighted by molar-refractivity contribution is 9.10. The Bertz CT molecular complexity index is 1190. The molecule has 0 unspecified atom stereocenters. The minimum absolute atomic E-state index is 0.170. The minimum Gasteiger partial charge on any atom is -0.336 e. The molecule has 4 rings (SSSR count). The number of amides is 2. The van der Waals surface area contributed by atoms with E-state index in [0.29, 0.717) is 34.0 Å². The van der Waals surface area contributed by atoms with Crippen molar-refractivity contribution in [1.82, 2.24) is 20.1 Å². The number of nitrogens with one attached hydrogen (secondary N) is 2. The molecular weight excluding hydrogens is 552 g/mol. The lowest BCUT2D eigenvalue weighted by molar-refractivity contribution is -0.118. The molecule has 7 nitrogen and oxygen atoms in total. The van der Waals surface area contributed by atoms with Crippen LogP contribution >= 0.6 is 62.3 Å². The van der Waals surface area contributed by atoms with Crippen LogP contribution < -0.4 is 10.6 Å². The molecule has 0 bridgehead atoms. The van der Waals surface area contributed by atoms with E-state index < -0.39 is 17.4 Å². The Morgan fingerprint density at radius 1 is 1.06 bits per heavy atom. The molecule has 1 aliphatic carbocycles. The summed E-state index contributed by atoms with van der Waals surface area (Å²) >= 11 is 27.4. The van der Waals surface area contributed by atoms with Gasteiger partial charge in [-0.15, -0.1) is 0 Å². The van der Waals surface area contributed by atoms with Crippen molar-refractivity contribution in [3.8, 4) is 5.82 Å². The van der Waals surface area contributed by atoms with Crippen LogP contribution in [0.3, 0.4) is 0 Å². The zero-order chi connectivity index (χ0) is 22.3. The summed E-state index contributed by atoms with van der Waals surface area (Å²) in [6, 6.07) is 7.80. The smallest absolute Gasteiger partial charge is 0.270 e. The number of nitrogens with zero attached hydrogens (tertiary/aromatic N) is 3. The van der Waals surface area contributed by atoms with Gasteiger partial charge in [0.15, 0.2) is 5.82 Å². The van der Waals surface area contributed by atoms with E-state index in [0.717, 1.165) is 0 Å². The van der Waals surface area contributed by atoms with Crippen molar-refractivity contribution in [3.63, 3.8) is 0 Å². The van der Waals surface area contributed by atoms with E-state index in [9.17, 15) is 9.59 Å². The molecule has 1 aromatic carbocycles. The van der Waals surface area contributed by atoms with E-state index >= 15 is 0 Å². The number of carbonyl (C=O) groups is 2. The molecule has 0 atom stereocenters. The quantitative estimate of drug-likeness (QED) is 0.399. The van der Waals surface area contributed by atoms with E-state index in [1.807, 2.05) is 0 Å². The van der Waals surface area contributed by atoms with Gasteiger partial charge in [0.1, 0.15) is 15.8 Å². The van der Waals surface area contributed by atoms with Gasteiger partial charge in [-0.2, -0.15) is 5.10 Å². The number of halogens is 5. The fraction of sp³-hybridized carbons (Fsp3) is 0.158. The highest BCUT2D eigenvalue weighted by Gasteiger charge is 2.51. The Morgan fingerprint density at radius 2 is 1.74 bits per heavy atom. The van der Waals surface area contributed by atoms with Crippen LogP contribution in [0.15, 0.2) is 41.1 Å². The van der Waals surface area contributed by atoms with Crippen molar-refractivity contribution >= 4 is 79.8 Å². The van der Waals surface area contributed by atoms with Crippen LogP contribution in [0.25, 0.3) is 5.82 Å². The van der Waals surface area contributed by atoms with Crippen LogP contribution in [0.5, 0.6) is 0 Å². The Morgan fingerprint density at radius 3 is 2.35 bits per heavy atom. The van der Waals surface area contributed by atoms with Crippen LogP contribution in [0.2, 0.25) is 20.1 Å². The van der Waals surface area contributed by atoms with Gasteiger partial charge in [-0.25, -0.2) is 9.67 Å². The van der Waals surface area contributed by atoms with Crippen LogP contribution in [0.4, 0.5) is 5.69 Å². The second-order valence-corrected chi connectivity index (χ2v) is 9.23. The number of rotatable bonds is 5. The number of pyridine rings is 1. The van der Waals surface area contributed by atoms with Gasteiger partial charge >= 0.3 is 0 Å². The first kappa shape index (κ1) is 22.4. The molecule has 2 heterocycles. The number of anilines is 1.